The fraction of sp³-hybridized carbons (Fsp3) is 0.200. The molecule has 148 valence electrons. The van der Waals surface area contributed by atoms with E-state index < -0.39 is 30.2 Å². The van der Waals surface area contributed by atoms with Gasteiger partial charge in [-0.3, -0.25) is 4.79 Å². The van der Waals surface area contributed by atoms with Gasteiger partial charge in [-0.15, -0.1) is 0 Å². The molecule has 2 aromatic carbocycles. The Kier molecular flexibility index (Phi) is 7.00. The van der Waals surface area contributed by atoms with Gasteiger partial charge in [0.1, 0.15) is 6.10 Å². The number of esters is 1. The minimum atomic E-state index is -1.07. The monoisotopic (exact) mass is 388 g/mol. The predicted octanol–water partition coefficient (Wildman–Crippen LogP) is 2.33. The molecule has 0 amide bonds. The molecule has 0 aliphatic carbocycles. The van der Waals surface area contributed by atoms with Crippen LogP contribution in [0.25, 0.3) is 6.08 Å². The van der Waals surface area contributed by atoms with Crippen LogP contribution in [0.2, 0.25) is 0 Å². The third kappa shape index (κ3) is 5.24. The molecule has 0 fully saturated rings. The lowest BCUT2D eigenvalue weighted by Crippen LogP contribution is -2.21. The van der Waals surface area contributed by atoms with E-state index in [1.807, 2.05) is 0 Å². The van der Waals surface area contributed by atoms with E-state index in [-0.39, 0.29) is 17.2 Å². The summed E-state index contributed by atoms with van der Waals surface area (Å²) >= 11 is 0. The van der Waals surface area contributed by atoms with Gasteiger partial charge in [0, 0.05) is 13.2 Å². The van der Waals surface area contributed by atoms with E-state index >= 15 is 0 Å². The number of Topliss-reactive ketones (excluding diaryl/α,β-unsaturated/α-hetero) is 1. The summed E-state index contributed by atoms with van der Waals surface area (Å²) in [5.74, 6) is -1.78. The molecule has 0 aliphatic heterocycles. The van der Waals surface area contributed by atoms with Gasteiger partial charge < -0.3 is 29.5 Å². The number of benzene rings is 2. The van der Waals surface area contributed by atoms with Gasteiger partial charge in [0.25, 0.3) is 0 Å². The molecular weight excluding hydrogens is 368 g/mol. The van der Waals surface area contributed by atoms with E-state index in [4.69, 9.17) is 14.2 Å². The largest absolute Gasteiger partial charge is 0.504 e. The third-order valence-corrected chi connectivity index (χ3v) is 3.80. The third-order valence-electron chi connectivity index (χ3n) is 3.80. The van der Waals surface area contributed by atoms with Gasteiger partial charge in [-0.25, -0.2) is 4.79 Å². The summed E-state index contributed by atoms with van der Waals surface area (Å²) in [6.45, 7) is -0.539. The molecule has 28 heavy (non-hydrogen) atoms. The average Bonchev–Trinajstić information content (AvgIpc) is 2.69. The smallest absolute Gasteiger partial charge is 0.331 e. The standard InChI is InChI=1S/C20H20O8/c1-26-18-9-12(3-6-15(18)22)4-8-19(25)28-11-17(24)20(27-2)13-5-7-14(21)16(23)10-13/h3-10,20-23H,11H2,1-2H3/b8-4+/t20-/m1/s1. The van der Waals surface area contributed by atoms with Gasteiger partial charge in [-0.1, -0.05) is 12.1 Å². The van der Waals surface area contributed by atoms with Crippen LogP contribution in [0.15, 0.2) is 42.5 Å². The number of methoxy groups -OCH3 is 2. The number of rotatable bonds is 8. The summed E-state index contributed by atoms with van der Waals surface area (Å²) in [6.07, 6.45) is 1.51. The predicted molar refractivity (Wildman–Crippen MR) is 99.2 cm³/mol. The molecule has 0 saturated carbocycles. The first-order valence-corrected chi connectivity index (χ1v) is 8.15. The molecule has 0 aliphatic rings. The lowest BCUT2D eigenvalue weighted by molar-refractivity contribution is -0.146. The van der Waals surface area contributed by atoms with Crippen LogP contribution in [0.4, 0.5) is 0 Å². The molecule has 0 unspecified atom stereocenters. The average molecular weight is 388 g/mol. The second-order valence-corrected chi connectivity index (χ2v) is 5.70. The van der Waals surface area contributed by atoms with Gasteiger partial charge >= 0.3 is 5.97 Å². The van der Waals surface area contributed by atoms with E-state index in [1.54, 1.807) is 6.07 Å². The Hall–Kier alpha value is -3.52. The molecule has 2 aromatic rings. The topological polar surface area (TPSA) is 123 Å². The number of ether oxygens (including phenoxy) is 3. The van der Waals surface area contributed by atoms with Crippen LogP contribution < -0.4 is 4.74 Å². The minimum Gasteiger partial charge on any atom is -0.504 e. The quantitative estimate of drug-likeness (QED) is 0.358. The van der Waals surface area contributed by atoms with E-state index in [9.17, 15) is 24.9 Å². The number of phenols is 3. The summed E-state index contributed by atoms with van der Waals surface area (Å²) in [5.41, 5.74) is 0.901. The van der Waals surface area contributed by atoms with Crippen LogP contribution in [-0.4, -0.2) is 47.9 Å². The number of carbonyl (C=O) groups excluding carboxylic acids is 2. The SMILES string of the molecule is COc1cc(/C=C/C(=O)OCC(=O)[C@H](OC)c2ccc(O)c(O)c2)ccc1O. The Labute approximate surface area is 161 Å². The fourth-order valence-electron chi connectivity index (χ4n) is 2.39. The molecule has 8 nitrogen and oxygen atoms in total. The summed E-state index contributed by atoms with van der Waals surface area (Å²) in [4.78, 5) is 24.1. The zero-order chi connectivity index (χ0) is 20.7. The van der Waals surface area contributed by atoms with Crippen molar-refractivity contribution in [2.75, 3.05) is 20.8 Å². The van der Waals surface area contributed by atoms with E-state index in [0.717, 1.165) is 6.08 Å². The number of hydrogen-bond donors (Lipinski definition) is 3. The maximum atomic E-state index is 12.3. The van der Waals surface area contributed by atoms with Gasteiger partial charge in [0.05, 0.1) is 7.11 Å². The Balaban J connectivity index is 1.97. The fourth-order valence-corrected chi connectivity index (χ4v) is 2.39. The van der Waals surface area contributed by atoms with Gasteiger partial charge in [0.2, 0.25) is 5.78 Å². The molecule has 0 bridgehead atoms. The Morgan fingerprint density at radius 1 is 1.00 bits per heavy atom. The van der Waals surface area contributed by atoms with Crippen LogP contribution in [0, 0.1) is 0 Å². The van der Waals surface area contributed by atoms with Crippen molar-refractivity contribution in [1.82, 2.24) is 0 Å². The lowest BCUT2D eigenvalue weighted by Gasteiger charge is -2.15. The molecule has 0 radical (unpaired) electrons. The Bertz CT molecular complexity index is 888. The molecular formula is C20H20O8. The number of aromatic hydroxyl groups is 3. The summed E-state index contributed by atoms with van der Waals surface area (Å²) < 4.78 is 15.0. The van der Waals surface area contributed by atoms with Gasteiger partial charge in [0.15, 0.2) is 29.6 Å². The molecule has 0 aromatic heterocycles. The number of ketones is 1. The number of carbonyl (C=O) groups is 2. The van der Waals surface area contributed by atoms with E-state index in [2.05, 4.69) is 0 Å². The molecule has 0 heterocycles. The normalized spacial score (nSPS) is 11.9. The Morgan fingerprint density at radius 2 is 1.71 bits per heavy atom. The van der Waals surface area contributed by atoms with Crippen LogP contribution in [-0.2, 0) is 19.1 Å². The molecule has 0 spiro atoms. The maximum Gasteiger partial charge on any atom is 0.331 e. The van der Waals surface area contributed by atoms with Crippen LogP contribution in [0.1, 0.15) is 17.2 Å². The number of hydrogen-bond acceptors (Lipinski definition) is 8. The zero-order valence-electron chi connectivity index (χ0n) is 15.3. The highest BCUT2D eigenvalue weighted by molar-refractivity contribution is 5.91. The van der Waals surface area contributed by atoms with Gasteiger partial charge in [-0.2, -0.15) is 0 Å². The molecule has 2 rings (SSSR count). The highest BCUT2D eigenvalue weighted by Crippen LogP contribution is 2.29. The van der Waals surface area contributed by atoms with Crippen molar-refractivity contribution in [3.8, 4) is 23.0 Å². The first kappa shape index (κ1) is 20.8. The van der Waals surface area contributed by atoms with Gasteiger partial charge in [-0.05, 0) is 41.5 Å². The van der Waals surface area contributed by atoms with Crippen molar-refractivity contribution in [2.24, 2.45) is 0 Å². The molecule has 8 heteroatoms. The van der Waals surface area contributed by atoms with Crippen LogP contribution in [0.5, 0.6) is 23.0 Å². The summed E-state index contributed by atoms with van der Waals surface area (Å²) in [6, 6.07) is 8.37. The first-order valence-electron chi connectivity index (χ1n) is 8.15. The van der Waals surface area contributed by atoms with Crippen molar-refractivity contribution >= 4 is 17.8 Å². The first-order chi connectivity index (χ1) is 13.3. The van der Waals surface area contributed by atoms with Crippen molar-refractivity contribution in [2.45, 2.75) is 6.10 Å². The van der Waals surface area contributed by atoms with Crippen molar-refractivity contribution < 1.29 is 39.1 Å². The molecule has 0 saturated heterocycles. The van der Waals surface area contributed by atoms with Crippen molar-refractivity contribution in [1.29, 1.82) is 0 Å². The van der Waals surface area contributed by atoms with E-state index in [1.165, 1.54) is 50.6 Å². The highest BCUT2D eigenvalue weighted by Gasteiger charge is 2.22. The van der Waals surface area contributed by atoms with Crippen LogP contribution >= 0.6 is 0 Å². The second-order valence-electron chi connectivity index (χ2n) is 5.70. The number of phenolic OH excluding ortho intramolecular Hbond substituents is 3. The zero-order valence-corrected chi connectivity index (χ0v) is 15.3. The molecule has 1 atom stereocenters. The second kappa shape index (κ2) is 9.43. The molecule has 3 N–H and O–H groups in total. The maximum absolute atomic E-state index is 12.3. The van der Waals surface area contributed by atoms with Crippen molar-refractivity contribution in [3.05, 3.63) is 53.6 Å². The summed E-state index contributed by atoms with van der Waals surface area (Å²) in [5, 5.41) is 28.4. The van der Waals surface area contributed by atoms with E-state index in [0.29, 0.717) is 11.1 Å². The minimum absolute atomic E-state index is 0.0290. The highest BCUT2D eigenvalue weighted by atomic mass is 16.5. The Morgan fingerprint density at radius 3 is 2.36 bits per heavy atom. The lowest BCUT2D eigenvalue weighted by atomic mass is 10.1. The van der Waals surface area contributed by atoms with Crippen molar-refractivity contribution in [3.63, 3.8) is 0 Å². The summed E-state index contributed by atoms with van der Waals surface area (Å²) in [7, 11) is 2.70. The van der Waals surface area contributed by atoms with Crippen LogP contribution in [0.3, 0.4) is 0 Å².